The highest BCUT2D eigenvalue weighted by Gasteiger charge is 2.25. The second-order valence-electron chi connectivity index (χ2n) is 9.72. The second kappa shape index (κ2) is 10.3. The largest absolute Gasteiger partial charge is 0.475 e. The number of hydrogen-bond donors (Lipinski definition) is 2. The average Bonchev–Trinajstić information content (AvgIpc) is 3.24. The van der Waals surface area contributed by atoms with Crippen molar-refractivity contribution in [2.75, 3.05) is 5.32 Å². The number of imidazole rings is 1. The first kappa shape index (κ1) is 24.3. The lowest BCUT2D eigenvalue weighted by Gasteiger charge is -2.29. The molecule has 1 atom stereocenters. The fourth-order valence-electron chi connectivity index (χ4n) is 5.13. The van der Waals surface area contributed by atoms with E-state index < -0.39 is 5.97 Å². The third-order valence-electron chi connectivity index (χ3n) is 7.05. The van der Waals surface area contributed by atoms with Crippen LogP contribution in [-0.4, -0.2) is 36.6 Å². The number of halogens is 1. The minimum absolute atomic E-state index is 0.145. The van der Waals surface area contributed by atoms with E-state index in [1.54, 1.807) is 0 Å². The van der Waals surface area contributed by atoms with Gasteiger partial charge < -0.3 is 15.0 Å². The Balaban J connectivity index is 1.68. The van der Waals surface area contributed by atoms with E-state index in [1.165, 1.54) is 19.3 Å². The van der Waals surface area contributed by atoms with E-state index >= 15 is 0 Å². The highest BCUT2D eigenvalue weighted by atomic mass is 35.5. The Bertz CT molecular complexity index is 1390. The van der Waals surface area contributed by atoms with E-state index in [4.69, 9.17) is 16.6 Å². The van der Waals surface area contributed by atoms with E-state index in [1.807, 2.05) is 49.4 Å². The topological polar surface area (TPSA) is 92.9 Å². The Kier molecular flexibility index (Phi) is 6.92. The summed E-state index contributed by atoms with van der Waals surface area (Å²) in [6, 6.07) is 16.0. The van der Waals surface area contributed by atoms with Gasteiger partial charge in [0.1, 0.15) is 11.3 Å². The predicted molar refractivity (Wildman–Crippen MR) is 143 cm³/mol. The molecule has 1 saturated carbocycles. The summed E-state index contributed by atoms with van der Waals surface area (Å²) in [5.74, 6) is 0.313. The quantitative estimate of drug-likeness (QED) is 0.296. The van der Waals surface area contributed by atoms with Gasteiger partial charge in [-0.3, -0.25) is 0 Å². The summed E-state index contributed by atoms with van der Waals surface area (Å²) >= 11 is 6.13. The molecule has 186 valence electrons. The zero-order valence-corrected chi connectivity index (χ0v) is 21.3. The van der Waals surface area contributed by atoms with Crippen molar-refractivity contribution < 1.29 is 9.90 Å². The minimum Gasteiger partial charge on any atom is -0.475 e. The van der Waals surface area contributed by atoms with Crippen LogP contribution in [0.5, 0.6) is 0 Å². The first-order valence-corrected chi connectivity index (χ1v) is 12.9. The van der Waals surface area contributed by atoms with Crippen molar-refractivity contribution in [1.82, 2.24) is 19.5 Å². The van der Waals surface area contributed by atoms with Crippen LogP contribution >= 0.6 is 11.6 Å². The van der Waals surface area contributed by atoms with Crippen molar-refractivity contribution in [2.24, 2.45) is 5.92 Å². The molecular formula is C28H30ClN5O2. The molecule has 7 nitrogen and oxygen atoms in total. The molecule has 1 aliphatic rings. The van der Waals surface area contributed by atoms with Crippen LogP contribution in [0.4, 0.5) is 5.82 Å². The van der Waals surface area contributed by atoms with Gasteiger partial charge in [-0.05, 0) is 56.4 Å². The van der Waals surface area contributed by atoms with Crippen LogP contribution in [0.15, 0.2) is 48.5 Å². The second-order valence-corrected chi connectivity index (χ2v) is 10.2. The Morgan fingerprint density at radius 1 is 1.11 bits per heavy atom. The van der Waals surface area contributed by atoms with Crippen molar-refractivity contribution in [3.05, 3.63) is 70.5 Å². The molecule has 2 aromatic carbocycles. The molecule has 36 heavy (non-hydrogen) atoms. The SMILES string of the molecule is Cc1cccc(-c2nc3nc(C(=O)O)nc(N[C@H](C)C4CCCCC4)c3n2Cc2ccc(Cl)cc2)c1. The van der Waals surface area contributed by atoms with Gasteiger partial charge in [-0.15, -0.1) is 0 Å². The van der Waals surface area contributed by atoms with Gasteiger partial charge in [0, 0.05) is 23.2 Å². The number of fused-ring (bicyclic) bond motifs is 1. The van der Waals surface area contributed by atoms with Crippen LogP contribution < -0.4 is 5.32 Å². The lowest BCUT2D eigenvalue weighted by molar-refractivity contribution is 0.0684. The van der Waals surface area contributed by atoms with Crippen LogP contribution in [0.25, 0.3) is 22.6 Å². The van der Waals surface area contributed by atoms with Gasteiger partial charge in [0.2, 0.25) is 5.82 Å². The molecule has 0 amide bonds. The first-order chi connectivity index (χ1) is 17.4. The number of carbonyl (C=O) groups is 1. The summed E-state index contributed by atoms with van der Waals surface area (Å²) in [6.45, 7) is 4.71. The number of anilines is 1. The zero-order valence-electron chi connectivity index (χ0n) is 20.5. The van der Waals surface area contributed by atoms with Crippen LogP contribution in [0.3, 0.4) is 0 Å². The number of carboxylic acids is 1. The highest BCUT2D eigenvalue weighted by molar-refractivity contribution is 6.30. The van der Waals surface area contributed by atoms with Crippen LogP contribution in [-0.2, 0) is 6.54 Å². The van der Waals surface area contributed by atoms with Crippen molar-refractivity contribution in [3.8, 4) is 11.4 Å². The molecule has 0 bridgehead atoms. The summed E-state index contributed by atoms with van der Waals surface area (Å²) in [4.78, 5) is 25.6. The van der Waals surface area contributed by atoms with Gasteiger partial charge >= 0.3 is 5.97 Å². The van der Waals surface area contributed by atoms with E-state index in [9.17, 15) is 9.90 Å². The Morgan fingerprint density at radius 2 is 1.86 bits per heavy atom. The van der Waals surface area contributed by atoms with Crippen molar-refractivity contribution in [2.45, 2.75) is 58.5 Å². The third kappa shape index (κ3) is 5.07. The van der Waals surface area contributed by atoms with Gasteiger partial charge in [-0.1, -0.05) is 66.8 Å². The molecule has 2 heterocycles. The highest BCUT2D eigenvalue weighted by Crippen LogP contribution is 2.32. The summed E-state index contributed by atoms with van der Waals surface area (Å²) in [6.07, 6.45) is 6.04. The number of rotatable bonds is 7. The monoisotopic (exact) mass is 503 g/mol. The van der Waals surface area contributed by atoms with Crippen molar-refractivity contribution in [1.29, 1.82) is 0 Å². The minimum atomic E-state index is -1.17. The number of nitrogens with one attached hydrogen (secondary N) is 1. The summed E-state index contributed by atoms with van der Waals surface area (Å²) in [5, 5.41) is 14.0. The molecule has 0 aliphatic heterocycles. The molecule has 8 heteroatoms. The number of aromatic carboxylic acids is 1. The van der Waals surface area contributed by atoms with E-state index in [2.05, 4.69) is 32.8 Å². The average molecular weight is 504 g/mol. The number of aryl methyl sites for hydroxylation is 1. The third-order valence-corrected chi connectivity index (χ3v) is 7.30. The fourth-order valence-corrected chi connectivity index (χ4v) is 5.26. The smallest absolute Gasteiger partial charge is 0.374 e. The lowest BCUT2D eigenvalue weighted by Crippen LogP contribution is -2.28. The van der Waals surface area contributed by atoms with E-state index in [0.29, 0.717) is 40.3 Å². The number of hydrogen-bond acceptors (Lipinski definition) is 5. The van der Waals surface area contributed by atoms with Crippen LogP contribution in [0.1, 0.15) is 60.8 Å². The van der Waals surface area contributed by atoms with Gasteiger partial charge in [-0.25, -0.2) is 19.7 Å². The standard InChI is InChI=1S/C28H30ClN5O2/c1-17-7-6-10-21(15-17)27-33-25-23(34(27)16-19-11-13-22(29)14-12-19)24(31-26(32-25)28(35)36)30-18(2)20-8-4-3-5-9-20/h6-7,10-15,18,20H,3-5,8-9,16H2,1-2H3,(H,35,36)(H,30,31,32)/t18-/m1/s1. The zero-order chi connectivity index (χ0) is 25.2. The molecule has 0 spiro atoms. The molecule has 1 aliphatic carbocycles. The Labute approximate surface area is 215 Å². The molecule has 2 aromatic heterocycles. The maximum absolute atomic E-state index is 11.9. The number of aromatic nitrogens is 4. The summed E-state index contributed by atoms with van der Waals surface area (Å²) < 4.78 is 2.08. The van der Waals surface area contributed by atoms with Crippen LogP contribution in [0, 0.1) is 12.8 Å². The summed E-state index contributed by atoms with van der Waals surface area (Å²) in [5.41, 5.74) is 4.16. The predicted octanol–water partition coefficient (Wildman–Crippen LogP) is 6.58. The Hall–Kier alpha value is -3.45. The molecule has 4 aromatic rings. The molecule has 5 rings (SSSR count). The molecule has 0 saturated heterocycles. The first-order valence-electron chi connectivity index (χ1n) is 12.5. The summed E-state index contributed by atoms with van der Waals surface area (Å²) in [7, 11) is 0. The molecule has 0 unspecified atom stereocenters. The molecule has 1 fully saturated rings. The Morgan fingerprint density at radius 3 is 2.56 bits per heavy atom. The maximum Gasteiger partial charge on any atom is 0.374 e. The van der Waals surface area contributed by atoms with Gasteiger partial charge in [0.15, 0.2) is 11.5 Å². The van der Waals surface area contributed by atoms with Crippen molar-refractivity contribution >= 4 is 34.6 Å². The van der Waals surface area contributed by atoms with Crippen LogP contribution in [0.2, 0.25) is 5.02 Å². The number of nitrogens with zero attached hydrogens (tertiary/aromatic N) is 4. The van der Waals surface area contributed by atoms with E-state index in [-0.39, 0.29) is 11.9 Å². The molecule has 0 radical (unpaired) electrons. The lowest BCUT2D eigenvalue weighted by atomic mass is 9.84. The molecular weight excluding hydrogens is 474 g/mol. The normalized spacial score (nSPS) is 15.2. The molecule has 2 N–H and O–H groups in total. The fraction of sp³-hybridized carbons (Fsp3) is 0.357. The van der Waals surface area contributed by atoms with Gasteiger partial charge in [0.05, 0.1) is 0 Å². The van der Waals surface area contributed by atoms with Gasteiger partial charge in [0.25, 0.3) is 0 Å². The maximum atomic E-state index is 11.9. The number of carboxylic acid groups (broad SMARTS) is 1. The van der Waals surface area contributed by atoms with E-state index in [0.717, 1.165) is 29.5 Å². The van der Waals surface area contributed by atoms with Crippen molar-refractivity contribution in [3.63, 3.8) is 0 Å². The van der Waals surface area contributed by atoms with Gasteiger partial charge in [-0.2, -0.15) is 0 Å². The number of benzene rings is 2.